The van der Waals surface area contributed by atoms with Gasteiger partial charge in [-0.25, -0.2) is 13.6 Å². The van der Waals surface area contributed by atoms with Crippen molar-refractivity contribution in [1.29, 1.82) is 0 Å². The van der Waals surface area contributed by atoms with Gasteiger partial charge in [-0.2, -0.15) is 4.98 Å². The van der Waals surface area contributed by atoms with E-state index in [1.807, 2.05) is 0 Å². The summed E-state index contributed by atoms with van der Waals surface area (Å²) in [5.74, 6) is 0.0310. The van der Waals surface area contributed by atoms with Gasteiger partial charge in [0.25, 0.3) is 0 Å². The van der Waals surface area contributed by atoms with Crippen molar-refractivity contribution in [3.63, 3.8) is 0 Å². The molecule has 4 atom stereocenters. The van der Waals surface area contributed by atoms with Crippen molar-refractivity contribution in [3.05, 3.63) is 22.7 Å². The summed E-state index contributed by atoms with van der Waals surface area (Å²) in [6, 6.07) is 1.34. The molecular weight excluding hydrogens is 231 g/mol. The third-order valence-corrected chi connectivity index (χ3v) is 2.77. The fraction of sp³-hybridized carbons (Fsp3) is 0.600. The molecule has 0 spiro atoms. The molecule has 0 aromatic carbocycles. The molecule has 2 heterocycles. The number of nitrogens with zero attached hydrogens (tertiary/aromatic N) is 2. The van der Waals surface area contributed by atoms with E-state index in [0.717, 1.165) is 4.57 Å². The quantitative estimate of drug-likeness (QED) is 0.835. The zero-order valence-corrected chi connectivity index (χ0v) is 9.22. The van der Waals surface area contributed by atoms with Gasteiger partial charge in [0.1, 0.15) is 5.82 Å². The summed E-state index contributed by atoms with van der Waals surface area (Å²) in [7, 11) is 0. The highest BCUT2D eigenvalue weighted by molar-refractivity contribution is 5.23. The van der Waals surface area contributed by atoms with Gasteiger partial charge in [0.05, 0.1) is 6.10 Å². The van der Waals surface area contributed by atoms with Crippen LogP contribution in [0.3, 0.4) is 0 Å². The van der Waals surface area contributed by atoms with Crippen LogP contribution in [0, 0.1) is 0 Å². The Kier molecular flexibility index (Phi) is 3.10. The lowest BCUT2D eigenvalue weighted by molar-refractivity contribution is -0.0245. The van der Waals surface area contributed by atoms with E-state index >= 15 is 0 Å². The number of hydrogen-bond donors (Lipinski definition) is 1. The maximum Gasteiger partial charge on any atom is 0.351 e. The van der Waals surface area contributed by atoms with E-state index in [2.05, 4.69) is 4.98 Å². The Balaban J connectivity index is 2.32. The van der Waals surface area contributed by atoms with Crippen LogP contribution in [-0.2, 0) is 4.74 Å². The molecule has 2 N–H and O–H groups in total. The zero-order chi connectivity index (χ0) is 12.6. The molecule has 5 nitrogen and oxygen atoms in total. The standard InChI is InChI=1S/C10H13F2N3O2/c1-2-5-7(11)8(12)9(17-5)15-4-3-6(13)14-10(15)16/h3-5,7-9H,2H2,1H3,(H2,13,14,16)/i11-1. The first kappa shape index (κ1) is 12.0. The lowest BCUT2D eigenvalue weighted by Gasteiger charge is -2.15. The predicted octanol–water partition coefficient (Wildman–Crippen LogP) is 0.809. The lowest BCUT2D eigenvalue weighted by atomic mass is 10.1. The molecular formula is C10H13F2N3O2. The molecule has 0 amide bonds. The molecule has 0 radical (unpaired) electrons. The van der Waals surface area contributed by atoms with Gasteiger partial charge in [-0.05, 0) is 12.5 Å². The molecule has 0 bridgehead atoms. The highest BCUT2D eigenvalue weighted by atomic mass is 19.1. The van der Waals surface area contributed by atoms with Crippen LogP contribution >= 0.6 is 0 Å². The van der Waals surface area contributed by atoms with E-state index in [4.69, 9.17) is 10.5 Å². The van der Waals surface area contributed by atoms with Gasteiger partial charge in [0.2, 0.25) is 0 Å². The summed E-state index contributed by atoms with van der Waals surface area (Å²) in [6.07, 6.45) is -4.10. The topological polar surface area (TPSA) is 70.1 Å². The Hall–Kier alpha value is -1.50. The van der Waals surface area contributed by atoms with Crippen molar-refractivity contribution in [2.24, 2.45) is 0 Å². The number of rotatable bonds is 2. The molecule has 1 aromatic heterocycles. The van der Waals surface area contributed by atoms with Gasteiger partial charge in [0.15, 0.2) is 18.6 Å². The molecule has 17 heavy (non-hydrogen) atoms. The predicted molar refractivity (Wildman–Crippen MR) is 56.9 cm³/mol. The van der Waals surface area contributed by atoms with E-state index in [1.165, 1.54) is 12.3 Å². The van der Waals surface area contributed by atoms with Crippen molar-refractivity contribution in [2.45, 2.75) is 38.0 Å². The Bertz CT molecular complexity index is 465. The van der Waals surface area contributed by atoms with Crippen LogP contribution in [0.15, 0.2) is 17.1 Å². The van der Waals surface area contributed by atoms with Gasteiger partial charge in [-0.15, -0.1) is 0 Å². The lowest BCUT2D eigenvalue weighted by Crippen LogP contribution is -2.32. The first-order valence-corrected chi connectivity index (χ1v) is 5.33. The van der Waals surface area contributed by atoms with Gasteiger partial charge < -0.3 is 10.5 Å². The normalized spacial score (nSPS) is 32.9. The summed E-state index contributed by atoms with van der Waals surface area (Å²) in [5, 5.41) is 0. The summed E-state index contributed by atoms with van der Waals surface area (Å²) in [6.45, 7) is 1.69. The minimum Gasteiger partial charge on any atom is -0.383 e. The third-order valence-electron chi connectivity index (χ3n) is 2.77. The molecule has 7 heteroatoms. The monoisotopic (exact) mass is 244 g/mol. The van der Waals surface area contributed by atoms with Gasteiger partial charge in [-0.1, -0.05) is 6.92 Å². The molecule has 2 rings (SSSR count). The highest BCUT2D eigenvalue weighted by Gasteiger charge is 2.46. The minimum absolute atomic E-state index is 0.0310. The molecule has 0 saturated carbocycles. The fourth-order valence-corrected chi connectivity index (χ4v) is 1.85. The Labute approximate surface area is 96.2 Å². The summed E-state index contributed by atoms with van der Waals surface area (Å²) < 4.78 is 33.2. The Morgan fingerprint density at radius 2 is 2.24 bits per heavy atom. The molecule has 0 aliphatic carbocycles. The van der Waals surface area contributed by atoms with Crippen molar-refractivity contribution in [3.8, 4) is 0 Å². The van der Waals surface area contributed by atoms with E-state index < -0.39 is 30.4 Å². The van der Waals surface area contributed by atoms with Gasteiger partial charge >= 0.3 is 5.69 Å². The molecule has 1 fully saturated rings. The van der Waals surface area contributed by atoms with Gasteiger partial charge in [0, 0.05) is 6.20 Å². The number of anilines is 1. The Morgan fingerprint density at radius 3 is 2.76 bits per heavy atom. The van der Waals surface area contributed by atoms with Gasteiger partial charge in [-0.3, -0.25) is 4.57 Å². The summed E-state index contributed by atoms with van der Waals surface area (Å²) >= 11 is 0. The number of nitrogen functional groups attached to an aromatic ring is 1. The average Bonchev–Trinajstić information content (AvgIpc) is 2.57. The first-order chi connectivity index (χ1) is 8.04. The largest absolute Gasteiger partial charge is 0.383 e. The second-order valence-corrected chi connectivity index (χ2v) is 3.90. The second kappa shape index (κ2) is 4.40. The zero-order valence-electron chi connectivity index (χ0n) is 9.22. The smallest absolute Gasteiger partial charge is 0.351 e. The van der Waals surface area contributed by atoms with Crippen LogP contribution in [0.2, 0.25) is 0 Å². The van der Waals surface area contributed by atoms with E-state index in [1.54, 1.807) is 6.92 Å². The molecule has 1 aromatic rings. The number of aromatic nitrogens is 2. The number of alkyl halides is 2. The molecule has 1 aliphatic rings. The van der Waals surface area contributed by atoms with Crippen LogP contribution in [0.1, 0.15) is 19.6 Å². The highest BCUT2D eigenvalue weighted by Crippen LogP contribution is 2.34. The van der Waals surface area contributed by atoms with Crippen molar-refractivity contribution < 1.29 is 13.5 Å². The summed E-state index contributed by atoms with van der Waals surface area (Å²) in [4.78, 5) is 14.9. The van der Waals surface area contributed by atoms with E-state index in [-0.39, 0.29) is 5.82 Å². The van der Waals surface area contributed by atoms with Crippen LogP contribution in [-0.4, -0.2) is 28.0 Å². The molecule has 1 aliphatic heterocycles. The average molecular weight is 244 g/mol. The van der Waals surface area contributed by atoms with E-state index in [0.29, 0.717) is 6.42 Å². The molecule has 1 saturated heterocycles. The maximum atomic E-state index is 13.7. The maximum absolute atomic E-state index is 13.7. The first-order valence-electron chi connectivity index (χ1n) is 5.33. The molecule has 4 unspecified atom stereocenters. The molecule has 94 valence electrons. The van der Waals surface area contributed by atoms with Crippen LogP contribution in [0.25, 0.3) is 0 Å². The van der Waals surface area contributed by atoms with Crippen molar-refractivity contribution >= 4 is 5.82 Å². The van der Waals surface area contributed by atoms with Crippen LogP contribution < -0.4 is 11.4 Å². The Morgan fingerprint density at radius 1 is 1.53 bits per heavy atom. The van der Waals surface area contributed by atoms with Crippen molar-refractivity contribution in [1.82, 2.24) is 9.55 Å². The second-order valence-electron chi connectivity index (χ2n) is 3.90. The number of halogens is 2. The van der Waals surface area contributed by atoms with Crippen LogP contribution in [0.5, 0.6) is 0 Å². The third kappa shape index (κ3) is 2.02. The number of ether oxygens (including phenoxy) is 1. The van der Waals surface area contributed by atoms with Crippen molar-refractivity contribution in [2.75, 3.05) is 5.73 Å². The fourth-order valence-electron chi connectivity index (χ4n) is 1.85. The number of hydrogen-bond acceptors (Lipinski definition) is 4. The number of nitrogens with two attached hydrogens (primary N) is 1. The minimum atomic E-state index is -1.87. The SMILES string of the molecule is CCC1OC(n2ccc(N)nc2=O)C(F)C1[18F]. The van der Waals surface area contributed by atoms with E-state index in [9.17, 15) is 13.6 Å². The van der Waals surface area contributed by atoms with Crippen LogP contribution in [0.4, 0.5) is 14.6 Å². The summed E-state index contributed by atoms with van der Waals surface area (Å²) in [5.41, 5.74) is 4.56.